The predicted octanol–water partition coefficient (Wildman–Crippen LogP) is 3.00. The summed E-state index contributed by atoms with van der Waals surface area (Å²) in [7, 11) is 1.52. The van der Waals surface area contributed by atoms with E-state index >= 15 is 0 Å². The number of Topliss-reactive ketones (excluding diaryl/α,β-unsaturated/α-hetero) is 1. The van der Waals surface area contributed by atoms with Crippen LogP contribution in [0.15, 0.2) is 54.6 Å². The van der Waals surface area contributed by atoms with E-state index in [1.165, 1.54) is 7.11 Å². The predicted molar refractivity (Wildman–Crippen MR) is 116 cm³/mol. The summed E-state index contributed by atoms with van der Waals surface area (Å²) in [5, 5.41) is 11.8. The van der Waals surface area contributed by atoms with Crippen LogP contribution in [0.4, 0.5) is 0 Å². The number of hydrogen-bond acceptors (Lipinski definition) is 7. The molecule has 0 saturated heterocycles. The molecule has 7 heteroatoms. The fourth-order valence-corrected chi connectivity index (χ4v) is 4.48. The third-order valence-corrected chi connectivity index (χ3v) is 5.88. The van der Waals surface area contributed by atoms with Crippen molar-refractivity contribution in [1.82, 2.24) is 0 Å². The quantitative estimate of drug-likeness (QED) is 0.522. The van der Waals surface area contributed by atoms with Crippen LogP contribution in [0.1, 0.15) is 37.3 Å². The van der Waals surface area contributed by atoms with E-state index in [9.17, 15) is 19.5 Å². The molecule has 0 heterocycles. The van der Waals surface area contributed by atoms with Gasteiger partial charge in [-0.05, 0) is 37.1 Å². The molecule has 3 rings (SSSR count). The number of ketones is 1. The van der Waals surface area contributed by atoms with Crippen LogP contribution in [-0.4, -0.2) is 43.2 Å². The van der Waals surface area contributed by atoms with Gasteiger partial charge in [0.1, 0.15) is 17.3 Å². The Balaban J connectivity index is 2.22. The number of rotatable bonds is 7. The Morgan fingerprint density at radius 1 is 0.969 bits per heavy atom. The van der Waals surface area contributed by atoms with Crippen LogP contribution in [0.25, 0.3) is 0 Å². The summed E-state index contributed by atoms with van der Waals surface area (Å²) in [6, 6.07) is 15.3. The van der Waals surface area contributed by atoms with Crippen molar-refractivity contribution in [2.45, 2.75) is 31.8 Å². The van der Waals surface area contributed by atoms with Crippen molar-refractivity contribution < 1.29 is 33.7 Å². The average Bonchev–Trinajstić information content (AvgIpc) is 2.79. The standard InChI is InChI=1S/C25H28O7/c1-4-31-23(27)21-19(26)15-25(29,17-9-7-6-8-10-17)22(24(28)32-5-2)20(21)16-11-13-18(30-3)14-12-16/h6-14,20-22,29H,4-5,15H2,1-3H3. The van der Waals surface area contributed by atoms with E-state index in [1.54, 1.807) is 68.4 Å². The number of ether oxygens (including phenoxy) is 3. The Hall–Kier alpha value is -3.19. The van der Waals surface area contributed by atoms with Crippen LogP contribution in [-0.2, 0) is 29.5 Å². The Kier molecular flexibility index (Phi) is 7.30. The number of hydrogen-bond donors (Lipinski definition) is 1. The van der Waals surface area contributed by atoms with Crippen molar-refractivity contribution >= 4 is 17.7 Å². The minimum absolute atomic E-state index is 0.0883. The van der Waals surface area contributed by atoms with Gasteiger partial charge in [0.15, 0.2) is 5.78 Å². The molecule has 1 fully saturated rings. The van der Waals surface area contributed by atoms with Crippen LogP contribution >= 0.6 is 0 Å². The molecule has 1 saturated carbocycles. The maximum Gasteiger partial charge on any atom is 0.317 e. The number of carbonyl (C=O) groups is 3. The molecule has 2 aromatic rings. The zero-order valence-electron chi connectivity index (χ0n) is 18.4. The van der Waals surface area contributed by atoms with Gasteiger partial charge in [-0.2, -0.15) is 0 Å². The van der Waals surface area contributed by atoms with E-state index in [4.69, 9.17) is 14.2 Å². The second kappa shape index (κ2) is 9.96. The molecular weight excluding hydrogens is 412 g/mol. The number of esters is 2. The second-order valence-corrected chi connectivity index (χ2v) is 7.69. The second-order valence-electron chi connectivity index (χ2n) is 7.69. The zero-order chi connectivity index (χ0) is 23.3. The molecule has 0 radical (unpaired) electrons. The first-order chi connectivity index (χ1) is 15.4. The maximum absolute atomic E-state index is 13.3. The minimum Gasteiger partial charge on any atom is -0.497 e. The molecule has 0 bridgehead atoms. The molecular formula is C25H28O7. The van der Waals surface area contributed by atoms with Gasteiger partial charge in [-0.15, -0.1) is 0 Å². The summed E-state index contributed by atoms with van der Waals surface area (Å²) in [6.45, 7) is 3.49. The lowest BCUT2D eigenvalue weighted by Crippen LogP contribution is -2.55. The van der Waals surface area contributed by atoms with Gasteiger partial charge in [0.25, 0.3) is 0 Å². The van der Waals surface area contributed by atoms with Gasteiger partial charge in [0.05, 0.1) is 26.2 Å². The van der Waals surface area contributed by atoms with Crippen LogP contribution < -0.4 is 4.74 Å². The first kappa shape index (κ1) is 23.5. The van der Waals surface area contributed by atoms with Crippen LogP contribution in [0.2, 0.25) is 0 Å². The number of benzene rings is 2. The molecule has 1 N–H and O–H groups in total. The van der Waals surface area contributed by atoms with E-state index in [1.807, 2.05) is 0 Å². The van der Waals surface area contributed by atoms with Crippen molar-refractivity contribution in [1.29, 1.82) is 0 Å². The monoisotopic (exact) mass is 440 g/mol. The van der Waals surface area contributed by atoms with Crippen molar-refractivity contribution in [3.05, 3.63) is 65.7 Å². The van der Waals surface area contributed by atoms with Gasteiger partial charge in [-0.3, -0.25) is 14.4 Å². The van der Waals surface area contributed by atoms with E-state index in [0.29, 0.717) is 16.9 Å². The van der Waals surface area contributed by atoms with E-state index in [-0.39, 0.29) is 13.2 Å². The van der Waals surface area contributed by atoms with Crippen LogP contribution in [0.3, 0.4) is 0 Å². The third-order valence-electron chi connectivity index (χ3n) is 5.88. The Bertz CT molecular complexity index is 954. The Labute approximate surface area is 187 Å². The van der Waals surface area contributed by atoms with E-state index in [2.05, 4.69) is 0 Å². The van der Waals surface area contributed by atoms with Gasteiger partial charge in [-0.25, -0.2) is 0 Å². The molecule has 32 heavy (non-hydrogen) atoms. The minimum atomic E-state index is -1.85. The number of methoxy groups -OCH3 is 1. The highest BCUT2D eigenvalue weighted by Gasteiger charge is 2.59. The van der Waals surface area contributed by atoms with Crippen molar-refractivity contribution in [3.8, 4) is 5.75 Å². The molecule has 2 aromatic carbocycles. The van der Waals surface area contributed by atoms with Gasteiger partial charge in [0.2, 0.25) is 0 Å². The molecule has 0 spiro atoms. The highest BCUT2D eigenvalue weighted by molar-refractivity contribution is 6.03. The smallest absolute Gasteiger partial charge is 0.317 e. The Morgan fingerprint density at radius 3 is 2.12 bits per heavy atom. The summed E-state index contributed by atoms with van der Waals surface area (Å²) in [4.78, 5) is 39.4. The number of carbonyl (C=O) groups excluding carboxylic acids is 3. The fraction of sp³-hybridized carbons (Fsp3) is 0.400. The van der Waals surface area contributed by atoms with E-state index < -0.39 is 47.5 Å². The lowest BCUT2D eigenvalue weighted by Gasteiger charge is -2.45. The molecule has 0 aliphatic heterocycles. The number of aliphatic hydroxyl groups is 1. The molecule has 7 nitrogen and oxygen atoms in total. The van der Waals surface area contributed by atoms with Crippen molar-refractivity contribution in [3.63, 3.8) is 0 Å². The first-order valence-corrected chi connectivity index (χ1v) is 10.6. The molecule has 0 aromatic heterocycles. The summed E-state index contributed by atoms with van der Waals surface area (Å²) < 4.78 is 15.7. The highest BCUT2D eigenvalue weighted by Crippen LogP contribution is 2.51. The summed E-state index contributed by atoms with van der Waals surface area (Å²) >= 11 is 0. The Morgan fingerprint density at radius 2 is 1.56 bits per heavy atom. The van der Waals surface area contributed by atoms with Gasteiger partial charge < -0.3 is 19.3 Å². The van der Waals surface area contributed by atoms with Gasteiger partial charge >= 0.3 is 11.9 Å². The zero-order valence-corrected chi connectivity index (χ0v) is 18.4. The molecule has 0 amide bonds. The van der Waals surface area contributed by atoms with E-state index in [0.717, 1.165) is 0 Å². The highest BCUT2D eigenvalue weighted by atomic mass is 16.5. The normalized spacial score (nSPS) is 25.1. The van der Waals surface area contributed by atoms with Crippen molar-refractivity contribution in [2.75, 3.05) is 20.3 Å². The lowest BCUT2D eigenvalue weighted by molar-refractivity contribution is -0.176. The molecule has 170 valence electrons. The molecule has 4 unspecified atom stereocenters. The van der Waals surface area contributed by atoms with Crippen molar-refractivity contribution in [2.24, 2.45) is 11.8 Å². The van der Waals surface area contributed by atoms with Gasteiger partial charge in [0, 0.05) is 12.3 Å². The largest absolute Gasteiger partial charge is 0.497 e. The summed E-state index contributed by atoms with van der Waals surface area (Å²) in [5.41, 5.74) is -0.908. The summed E-state index contributed by atoms with van der Waals surface area (Å²) in [6.07, 6.45) is -0.406. The average molecular weight is 440 g/mol. The SMILES string of the molecule is CCOC(=O)C1C(=O)CC(O)(c2ccccc2)C(C(=O)OCC)C1c1ccc(OC)cc1. The molecule has 1 aliphatic rings. The molecule has 1 aliphatic carbocycles. The lowest BCUT2D eigenvalue weighted by atomic mass is 9.59. The first-order valence-electron chi connectivity index (χ1n) is 10.6. The fourth-order valence-electron chi connectivity index (χ4n) is 4.48. The van der Waals surface area contributed by atoms with Crippen LogP contribution in [0, 0.1) is 11.8 Å². The third kappa shape index (κ3) is 4.39. The van der Waals surface area contributed by atoms with Crippen LogP contribution in [0.5, 0.6) is 5.75 Å². The summed E-state index contributed by atoms with van der Waals surface area (Å²) in [5.74, 6) is -4.74. The maximum atomic E-state index is 13.3. The van der Waals surface area contributed by atoms with Gasteiger partial charge in [-0.1, -0.05) is 42.5 Å². The topological polar surface area (TPSA) is 99.1 Å². The molecule has 4 atom stereocenters.